The van der Waals surface area contributed by atoms with E-state index in [-0.39, 0.29) is 6.61 Å². The smallest absolute Gasteiger partial charge is 0.103 e. The average molecular weight is 198 g/mol. The van der Waals surface area contributed by atoms with Crippen LogP contribution in [0, 0.1) is 0 Å². The summed E-state index contributed by atoms with van der Waals surface area (Å²) in [6.45, 7) is -0.164. The molecule has 2 N–H and O–H groups in total. The van der Waals surface area contributed by atoms with Gasteiger partial charge in [-0.25, -0.2) is 0 Å². The quantitative estimate of drug-likeness (QED) is 0.758. The van der Waals surface area contributed by atoms with Crippen LogP contribution in [0.4, 0.5) is 0 Å². The molecule has 1 aromatic heterocycles. The third-order valence-electron chi connectivity index (χ3n) is 2.63. The Bertz CT molecular complexity index is 293. The molecule has 0 aliphatic heterocycles. The zero-order valence-corrected chi connectivity index (χ0v) is 8.31. The molecule has 0 bridgehead atoms. The summed E-state index contributed by atoms with van der Waals surface area (Å²) < 4.78 is 0. The molecule has 0 aromatic carbocycles. The standard InChI is InChI=1S/C10H14O2S/c11-5-9(12)8-6-13-10-4-2-1-3-7(8)10/h6,9,11-12H,1-5H2. The molecule has 0 spiro atoms. The van der Waals surface area contributed by atoms with Gasteiger partial charge in [0, 0.05) is 4.88 Å². The summed E-state index contributed by atoms with van der Waals surface area (Å²) in [5.41, 5.74) is 2.26. The van der Waals surface area contributed by atoms with Crippen molar-refractivity contribution in [3.8, 4) is 0 Å². The highest BCUT2D eigenvalue weighted by molar-refractivity contribution is 7.10. The van der Waals surface area contributed by atoms with Crippen LogP contribution in [0.3, 0.4) is 0 Å². The Balaban J connectivity index is 2.31. The van der Waals surface area contributed by atoms with Crippen LogP contribution < -0.4 is 0 Å². The SMILES string of the molecule is OCC(O)c1csc2c1CCCC2. The van der Waals surface area contributed by atoms with Crippen molar-refractivity contribution in [1.82, 2.24) is 0 Å². The van der Waals surface area contributed by atoms with Crippen molar-refractivity contribution in [3.63, 3.8) is 0 Å². The van der Waals surface area contributed by atoms with E-state index < -0.39 is 6.10 Å². The van der Waals surface area contributed by atoms with Gasteiger partial charge >= 0.3 is 0 Å². The molecule has 0 radical (unpaired) electrons. The molecule has 1 unspecified atom stereocenters. The second-order valence-electron chi connectivity index (χ2n) is 3.50. The second kappa shape index (κ2) is 3.78. The first-order chi connectivity index (χ1) is 6.33. The maximum atomic E-state index is 9.53. The summed E-state index contributed by atoms with van der Waals surface area (Å²) in [6, 6.07) is 0. The van der Waals surface area contributed by atoms with E-state index in [1.165, 1.54) is 23.3 Å². The fourth-order valence-electron chi connectivity index (χ4n) is 1.90. The molecule has 2 nitrogen and oxygen atoms in total. The number of aliphatic hydroxyl groups excluding tert-OH is 2. The topological polar surface area (TPSA) is 40.5 Å². The number of thiophene rings is 1. The molecule has 0 saturated heterocycles. The Labute approximate surface area is 81.8 Å². The highest BCUT2D eigenvalue weighted by Gasteiger charge is 2.19. The Morgan fingerprint density at radius 3 is 2.92 bits per heavy atom. The van der Waals surface area contributed by atoms with Gasteiger partial charge in [-0.3, -0.25) is 0 Å². The largest absolute Gasteiger partial charge is 0.393 e. The maximum absolute atomic E-state index is 9.53. The molecule has 2 rings (SSSR count). The molecule has 0 saturated carbocycles. The molecule has 1 aromatic rings. The molecule has 3 heteroatoms. The molecule has 1 aliphatic carbocycles. The molecular formula is C10H14O2S. The van der Waals surface area contributed by atoms with Gasteiger partial charge in [-0.15, -0.1) is 11.3 Å². The lowest BCUT2D eigenvalue weighted by molar-refractivity contribution is 0.0951. The number of aliphatic hydroxyl groups is 2. The summed E-state index contributed by atoms with van der Waals surface area (Å²) in [5.74, 6) is 0. The number of aryl methyl sites for hydroxylation is 1. The first-order valence-corrected chi connectivity index (χ1v) is 5.59. The summed E-state index contributed by atoms with van der Waals surface area (Å²) in [7, 11) is 0. The molecule has 13 heavy (non-hydrogen) atoms. The minimum Gasteiger partial charge on any atom is -0.393 e. The Hall–Kier alpha value is -0.380. The predicted molar refractivity (Wildman–Crippen MR) is 53.0 cm³/mol. The normalized spacial score (nSPS) is 18.3. The summed E-state index contributed by atoms with van der Waals surface area (Å²) in [5, 5.41) is 20.4. The van der Waals surface area contributed by atoms with E-state index in [1.54, 1.807) is 11.3 Å². The van der Waals surface area contributed by atoms with Gasteiger partial charge in [0.15, 0.2) is 0 Å². The van der Waals surface area contributed by atoms with Crippen molar-refractivity contribution in [2.24, 2.45) is 0 Å². The van der Waals surface area contributed by atoms with Gasteiger partial charge in [-0.2, -0.15) is 0 Å². The van der Waals surface area contributed by atoms with Gasteiger partial charge in [0.2, 0.25) is 0 Å². The van der Waals surface area contributed by atoms with Crippen LogP contribution in [0.15, 0.2) is 5.38 Å². The lowest BCUT2D eigenvalue weighted by Gasteiger charge is -2.14. The molecule has 0 amide bonds. The van der Waals surface area contributed by atoms with E-state index in [1.807, 2.05) is 5.38 Å². The van der Waals surface area contributed by atoms with Crippen molar-refractivity contribution in [1.29, 1.82) is 0 Å². The van der Waals surface area contributed by atoms with Crippen LogP contribution in [-0.4, -0.2) is 16.8 Å². The van der Waals surface area contributed by atoms with Crippen molar-refractivity contribution in [2.45, 2.75) is 31.8 Å². The highest BCUT2D eigenvalue weighted by Crippen LogP contribution is 2.33. The van der Waals surface area contributed by atoms with Crippen LogP contribution in [-0.2, 0) is 12.8 Å². The number of rotatable bonds is 2. The Morgan fingerprint density at radius 1 is 1.38 bits per heavy atom. The maximum Gasteiger partial charge on any atom is 0.103 e. The average Bonchev–Trinajstić information content (AvgIpc) is 2.60. The number of hydrogen-bond donors (Lipinski definition) is 2. The van der Waals surface area contributed by atoms with Crippen LogP contribution in [0.1, 0.15) is 34.9 Å². The molecule has 72 valence electrons. The van der Waals surface area contributed by atoms with Gasteiger partial charge in [-0.05, 0) is 42.2 Å². The molecule has 1 aliphatic rings. The number of hydrogen-bond acceptors (Lipinski definition) is 3. The van der Waals surface area contributed by atoms with E-state index in [0.717, 1.165) is 18.4 Å². The minimum atomic E-state index is -0.668. The lowest BCUT2D eigenvalue weighted by Crippen LogP contribution is -2.07. The van der Waals surface area contributed by atoms with E-state index in [0.29, 0.717) is 0 Å². The zero-order chi connectivity index (χ0) is 9.26. The lowest BCUT2D eigenvalue weighted by atomic mass is 9.94. The molecule has 1 heterocycles. The highest BCUT2D eigenvalue weighted by atomic mass is 32.1. The Morgan fingerprint density at radius 2 is 2.15 bits per heavy atom. The number of fused-ring (bicyclic) bond motifs is 1. The van der Waals surface area contributed by atoms with Gasteiger partial charge in [0.1, 0.15) is 6.10 Å². The third-order valence-corrected chi connectivity index (χ3v) is 3.73. The fraction of sp³-hybridized carbons (Fsp3) is 0.600. The van der Waals surface area contributed by atoms with Gasteiger partial charge < -0.3 is 10.2 Å². The molecule has 0 fully saturated rings. The Kier molecular flexibility index (Phi) is 2.67. The first kappa shape index (κ1) is 9.19. The summed E-state index contributed by atoms with van der Waals surface area (Å²) in [6.07, 6.45) is 4.04. The van der Waals surface area contributed by atoms with Crippen molar-refractivity contribution in [2.75, 3.05) is 6.61 Å². The van der Waals surface area contributed by atoms with E-state index in [2.05, 4.69) is 0 Å². The predicted octanol–water partition coefficient (Wildman–Crippen LogP) is 1.65. The fourth-order valence-corrected chi connectivity index (χ4v) is 3.09. The van der Waals surface area contributed by atoms with Gasteiger partial charge in [0.25, 0.3) is 0 Å². The van der Waals surface area contributed by atoms with Crippen LogP contribution >= 0.6 is 11.3 Å². The van der Waals surface area contributed by atoms with E-state index in [9.17, 15) is 5.11 Å². The van der Waals surface area contributed by atoms with Crippen LogP contribution in [0.2, 0.25) is 0 Å². The van der Waals surface area contributed by atoms with E-state index in [4.69, 9.17) is 5.11 Å². The molecule has 1 atom stereocenters. The minimum absolute atomic E-state index is 0.164. The molecular weight excluding hydrogens is 184 g/mol. The van der Waals surface area contributed by atoms with Crippen LogP contribution in [0.25, 0.3) is 0 Å². The monoisotopic (exact) mass is 198 g/mol. The zero-order valence-electron chi connectivity index (χ0n) is 7.49. The van der Waals surface area contributed by atoms with E-state index >= 15 is 0 Å². The van der Waals surface area contributed by atoms with Crippen molar-refractivity contribution in [3.05, 3.63) is 21.4 Å². The third kappa shape index (κ3) is 1.64. The first-order valence-electron chi connectivity index (χ1n) is 4.71. The van der Waals surface area contributed by atoms with Crippen molar-refractivity contribution < 1.29 is 10.2 Å². The summed E-state index contributed by atoms with van der Waals surface area (Å²) >= 11 is 1.72. The second-order valence-corrected chi connectivity index (χ2v) is 4.46. The van der Waals surface area contributed by atoms with Crippen molar-refractivity contribution >= 4 is 11.3 Å². The van der Waals surface area contributed by atoms with Gasteiger partial charge in [-0.1, -0.05) is 0 Å². The van der Waals surface area contributed by atoms with Crippen LogP contribution in [0.5, 0.6) is 0 Å². The van der Waals surface area contributed by atoms with Gasteiger partial charge in [0.05, 0.1) is 6.61 Å². The summed E-state index contributed by atoms with van der Waals surface area (Å²) in [4.78, 5) is 1.41.